The Bertz CT molecular complexity index is 289. The summed E-state index contributed by atoms with van der Waals surface area (Å²) in [6, 6.07) is 0. The van der Waals surface area contributed by atoms with E-state index in [-0.39, 0.29) is 13.2 Å². The number of thiazole rings is 1. The third-order valence-corrected chi connectivity index (χ3v) is 3.69. The predicted octanol–water partition coefficient (Wildman–Crippen LogP) is 0.675. The van der Waals surface area contributed by atoms with Crippen LogP contribution in [0.15, 0.2) is 5.51 Å². The van der Waals surface area contributed by atoms with Crippen LogP contribution >= 0.6 is 11.3 Å². The fraction of sp³-hybridized carbons (Fsp3) is 0.700. The maximum absolute atomic E-state index is 9.24. The molecule has 3 N–H and O–H groups in total. The minimum Gasteiger partial charge on any atom is -0.394 e. The summed E-state index contributed by atoms with van der Waals surface area (Å²) < 4.78 is 0. The van der Waals surface area contributed by atoms with Crippen molar-refractivity contribution >= 4 is 11.3 Å². The van der Waals surface area contributed by atoms with Crippen molar-refractivity contribution in [3.8, 4) is 0 Å². The molecule has 0 aliphatic rings. The molecule has 0 amide bonds. The van der Waals surface area contributed by atoms with Gasteiger partial charge < -0.3 is 15.5 Å². The van der Waals surface area contributed by atoms with Crippen LogP contribution in [0, 0.1) is 6.92 Å². The van der Waals surface area contributed by atoms with E-state index in [1.54, 1.807) is 16.8 Å². The minimum atomic E-state index is -0.573. The van der Waals surface area contributed by atoms with Gasteiger partial charge in [-0.25, -0.2) is 4.98 Å². The summed E-state index contributed by atoms with van der Waals surface area (Å²) in [6.07, 6.45) is 0.692. The molecule has 15 heavy (non-hydrogen) atoms. The molecule has 0 saturated carbocycles. The monoisotopic (exact) mass is 230 g/mol. The summed E-state index contributed by atoms with van der Waals surface area (Å²) in [5.74, 6) is 0. The standard InChI is InChI=1S/C10H18N2O2S/c1-3-10(5-13,6-14)12-4-9-8(2)11-7-15-9/h7,12-14H,3-6H2,1-2H3. The van der Waals surface area contributed by atoms with Crippen LogP contribution in [-0.4, -0.2) is 33.9 Å². The Morgan fingerprint density at radius 3 is 2.53 bits per heavy atom. The number of rotatable bonds is 6. The third kappa shape index (κ3) is 2.98. The van der Waals surface area contributed by atoms with Crippen LogP contribution in [0.4, 0.5) is 0 Å². The lowest BCUT2D eigenvalue weighted by molar-refractivity contribution is 0.0866. The number of hydrogen-bond acceptors (Lipinski definition) is 5. The van der Waals surface area contributed by atoms with Crippen molar-refractivity contribution in [2.45, 2.75) is 32.4 Å². The molecule has 0 atom stereocenters. The molecule has 86 valence electrons. The van der Waals surface area contributed by atoms with E-state index in [4.69, 9.17) is 0 Å². The molecule has 4 nitrogen and oxygen atoms in total. The molecule has 1 aromatic heterocycles. The topological polar surface area (TPSA) is 65.4 Å². The number of hydrogen-bond donors (Lipinski definition) is 3. The van der Waals surface area contributed by atoms with Crippen molar-refractivity contribution < 1.29 is 10.2 Å². The number of aromatic nitrogens is 1. The van der Waals surface area contributed by atoms with Crippen LogP contribution < -0.4 is 5.32 Å². The van der Waals surface area contributed by atoms with Crippen molar-refractivity contribution in [2.24, 2.45) is 0 Å². The first-order valence-corrected chi connectivity index (χ1v) is 5.91. The summed E-state index contributed by atoms with van der Waals surface area (Å²) in [5, 5.41) is 21.7. The molecule has 1 heterocycles. The molecule has 0 spiro atoms. The van der Waals surface area contributed by atoms with Gasteiger partial charge in [-0.1, -0.05) is 6.92 Å². The van der Waals surface area contributed by atoms with Gasteiger partial charge in [-0.3, -0.25) is 0 Å². The second kappa shape index (κ2) is 5.55. The molecule has 5 heteroatoms. The molecule has 0 radical (unpaired) electrons. The zero-order valence-corrected chi connectivity index (χ0v) is 9.97. The molecular weight excluding hydrogens is 212 g/mol. The molecule has 0 bridgehead atoms. The van der Waals surface area contributed by atoms with Crippen molar-refractivity contribution in [3.05, 3.63) is 16.1 Å². The number of nitrogens with zero attached hydrogens (tertiary/aromatic N) is 1. The number of aryl methyl sites for hydroxylation is 1. The summed E-state index contributed by atoms with van der Waals surface area (Å²) in [4.78, 5) is 5.30. The van der Waals surface area contributed by atoms with Crippen molar-refractivity contribution in [2.75, 3.05) is 13.2 Å². The first-order valence-electron chi connectivity index (χ1n) is 5.03. The maximum atomic E-state index is 9.24. The molecule has 0 unspecified atom stereocenters. The highest BCUT2D eigenvalue weighted by atomic mass is 32.1. The Kier molecular flexibility index (Phi) is 4.66. The Balaban J connectivity index is 2.58. The van der Waals surface area contributed by atoms with Gasteiger partial charge >= 0.3 is 0 Å². The highest BCUT2D eigenvalue weighted by Crippen LogP contribution is 2.15. The fourth-order valence-corrected chi connectivity index (χ4v) is 1.99. The normalized spacial score (nSPS) is 12.0. The van der Waals surface area contributed by atoms with E-state index in [9.17, 15) is 10.2 Å². The van der Waals surface area contributed by atoms with Crippen LogP contribution in [0.3, 0.4) is 0 Å². The van der Waals surface area contributed by atoms with Crippen LogP contribution in [0.2, 0.25) is 0 Å². The molecule has 0 fully saturated rings. The van der Waals surface area contributed by atoms with Gasteiger partial charge in [0.15, 0.2) is 0 Å². The van der Waals surface area contributed by atoms with Gasteiger partial charge in [-0.05, 0) is 13.3 Å². The zero-order valence-electron chi connectivity index (χ0n) is 9.16. The summed E-state index contributed by atoms with van der Waals surface area (Å²) >= 11 is 1.58. The van der Waals surface area contributed by atoms with Gasteiger partial charge in [-0.15, -0.1) is 11.3 Å². The number of nitrogens with one attached hydrogen (secondary N) is 1. The smallest absolute Gasteiger partial charge is 0.0798 e. The molecular formula is C10H18N2O2S. The van der Waals surface area contributed by atoms with Gasteiger partial charge in [0.1, 0.15) is 0 Å². The lowest BCUT2D eigenvalue weighted by Gasteiger charge is -2.29. The average molecular weight is 230 g/mol. The molecule has 1 aromatic rings. The maximum Gasteiger partial charge on any atom is 0.0798 e. The first-order chi connectivity index (χ1) is 7.17. The SMILES string of the molecule is CCC(CO)(CO)NCc1scnc1C. The first kappa shape index (κ1) is 12.6. The molecule has 0 aliphatic heterocycles. The quantitative estimate of drug-likeness (QED) is 0.672. The van der Waals surface area contributed by atoms with Gasteiger partial charge in [0, 0.05) is 11.4 Å². The fourth-order valence-electron chi connectivity index (χ4n) is 1.27. The van der Waals surface area contributed by atoms with Gasteiger partial charge in [-0.2, -0.15) is 0 Å². The van der Waals surface area contributed by atoms with E-state index >= 15 is 0 Å². The van der Waals surface area contributed by atoms with E-state index in [1.165, 1.54) is 0 Å². The van der Waals surface area contributed by atoms with E-state index in [1.807, 2.05) is 13.8 Å². The summed E-state index contributed by atoms with van der Waals surface area (Å²) in [6.45, 7) is 4.43. The van der Waals surface area contributed by atoms with Crippen LogP contribution in [0.5, 0.6) is 0 Å². The zero-order chi connectivity index (χ0) is 11.3. The summed E-state index contributed by atoms with van der Waals surface area (Å²) in [7, 11) is 0. The molecule has 0 aliphatic carbocycles. The van der Waals surface area contributed by atoms with Gasteiger partial charge in [0.25, 0.3) is 0 Å². The van der Waals surface area contributed by atoms with E-state index in [0.29, 0.717) is 13.0 Å². The van der Waals surface area contributed by atoms with Gasteiger partial charge in [0.2, 0.25) is 0 Å². The average Bonchev–Trinajstić information content (AvgIpc) is 2.67. The predicted molar refractivity (Wildman–Crippen MR) is 60.9 cm³/mol. The highest BCUT2D eigenvalue weighted by Gasteiger charge is 2.25. The Labute approximate surface area is 94.0 Å². The lowest BCUT2D eigenvalue weighted by Crippen LogP contribution is -2.50. The second-order valence-corrected chi connectivity index (χ2v) is 4.60. The highest BCUT2D eigenvalue weighted by molar-refractivity contribution is 7.09. The number of aliphatic hydroxyl groups is 2. The van der Waals surface area contributed by atoms with E-state index < -0.39 is 5.54 Å². The third-order valence-electron chi connectivity index (χ3n) is 2.75. The van der Waals surface area contributed by atoms with Crippen molar-refractivity contribution in [1.29, 1.82) is 0 Å². The largest absolute Gasteiger partial charge is 0.394 e. The van der Waals surface area contributed by atoms with Crippen molar-refractivity contribution in [1.82, 2.24) is 10.3 Å². The molecule has 0 saturated heterocycles. The lowest BCUT2D eigenvalue weighted by atomic mass is 9.98. The second-order valence-electron chi connectivity index (χ2n) is 3.66. The summed E-state index contributed by atoms with van der Waals surface area (Å²) in [5.41, 5.74) is 2.24. The van der Waals surface area contributed by atoms with Crippen molar-refractivity contribution in [3.63, 3.8) is 0 Å². The Morgan fingerprint density at radius 1 is 1.47 bits per heavy atom. The van der Waals surface area contributed by atoms with E-state index in [2.05, 4.69) is 10.3 Å². The van der Waals surface area contributed by atoms with Crippen LogP contribution in [0.25, 0.3) is 0 Å². The van der Waals surface area contributed by atoms with Crippen LogP contribution in [-0.2, 0) is 6.54 Å². The number of aliphatic hydroxyl groups excluding tert-OH is 2. The van der Waals surface area contributed by atoms with Crippen LogP contribution in [0.1, 0.15) is 23.9 Å². The minimum absolute atomic E-state index is 0.0577. The van der Waals surface area contributed by atoms with E-state index in [0.717, 1.165) is 10.6 Å². The molecule has 1 rings (SSSR count). The molecule has 0 aromatic carbocycles. The Morgan fingerprint density at radius 2 is 2.13 bits per heavy atom. The van der Waals surface area contributed by atoms with Gasteiger partial charge in [0.05, 0.1) is 30.0 Å². The Hall–Kier alpha value is -0.490.